The minimum Gasteiger partial charge on any atom is -0.327 e. The van der Waals surface area contributed by atoms with Crippen molar-refractivity contribution < 1.29 is 4.79 Å². The largest absolute Gasteiger partial charge is 0.327 e. The lowest BCUT2D eigenvalue weighted by Gasteiger charge is -2.13. The number of amides is 1. The summed E-state index contributed by atoms with van der Waals surface area (Å²) in [6, 6.07) is 6.03. The Morgan fingerprint density at radius 1 is 1.23 bits per heavy atom. The SMILES string of the molecule is CC(C)c1ccc2c(Cl)c(C(=O)N3Cc4[nH]c(=O)[nH]c(=O)c4C3)sc2c1. The van der Waals surface area contributed by atoms with Gasteiger partial charge in [0.2, 0.25) is 0 Å². The first-order chi connectivity index (χ1) is 12.3. The van der Waals surface area contributed by atoms with E-state index in [0.717, 1.165) is 10.1 Å². The van der Waals surface area contributed by atoms with Crippen molar-refractivity contribution in [3.63, 3.8) is 0 Å². The maximum Gasteiger partial charge on any atom is 0.325 e. The normalized spacial score (nSPS) is 13.6. The Hall–Kier alpha value is -2.38. The van der Waals surface area contributed by atoms with Crippen LogP contribution in [0.3, 0.4) is 0 Å². The van der Waals surface area contributed by atoms with Crippen molar-refractivity contribution in [1.82, 2.24) is 14.9 Å². The summed E-state index contributed by atoms with van der Waals surface area (Å²) in [4.78, 5) is 43.1. The maximum absolute atomic E-state index is 13.0. The van der Waals surface area contributed by atoms with Gasteiger partial charge in [0.05, 0.1) is 23.7 Å². The molecule has 0 saturated carbocycles. The monoisotopic (exact) mass is 389 g/mol. The Balaban J connectivity index is 1.71. The number of carbonyl (C=O) groups excluding carboxylic acids is 1. The molecule has 6 nitrogen and oxygen atoms in total. The molecule has 1 aliphatic heterocycles. The number of benzene rings is 1. The number of hydrogen-bond donors (Lipinski definition) is 2. The Bertz CT molecular complexity index is 1160. The Labute approximate surface area is 157 Å². The van der Waals surface area contributed by atoms with E-state index in [4.69, 9.17) is 11.6 Å². The molecule has 1 amide bonds. The molecule has 0 radical (unpaired) electrons. The summed E-state index contributed by atoms with van der Waals surface area (Å²) in [5, 5.41) is 1.29. The number of aromatic amines is 2. The van der Waals surface area contributed by atoms with Crippen LogP contribution in [0.25, 0.3) is 10.1 Å². The molecule has 134 valence electrons. The fourth-order valence-corrected chi connectivity index (χ4v) is 4.69. The van der Waals surface area contributed by atoms with E-state index in [1.807, 2.05) is 12.1 Å². The first-order valence-electron chi connectivity index (χ1n) is 8.20. The van der Waals surface area contributed by atoms with E-state index in [1.54, 1.807) is 0 Å². The van der Waals surface area contributed by atoms with Crippen molar-refractivity contribution in [1.29, 1.82) is 0 Å². The van der Waals surface area contributed by atoms with E-state index in [2.05, 4.69) is 29.9 Å². The predicted octanol–water partition coefficient (Wildman–Crippen LogP) is 3.21. The highest BCUT2D eigenvalue weighted by Crippen LogP contribution is 2.38. The van der Waals surface area contributed by atoms with Gasteiger partial charge < -0.3 is 9.88 Å². The third-order valence-electron chi connectivity index (χ3n) is 4.63. The molecule has 0 fully saturated rings. The van der Waals surface area contributed by atoms with E-state index in [0.29, 0.717) is 27.1 Å². The van der Waals surface area contributed by atoms with Crippen LogP contribution in [-0.4, -0.2) is 20.8 Å². The van der Waals surface area contributed by atoms with E-state index < -0.39 is 11.2 Å². The zero-order valence-electron chi connectivity index (χ0n) is 14.2. The van der Waals surface area contributed by atoms with Crippen LogP contribution in [0.1, 0.15) is 46.3 Å². The van der Waals surface area contributed by atoms with Crippen LogP contribution in [-0.2, 0) is 13.1 Å². The number of nitrogens with one attached hydrogen (secondary N) is 2. The summed E-state index contributed by atoms with van der Waals surface area (Å²) in [7, 11) is 0. The maximum atomic E-state index is 13.0. The number of aromatic nitrogens is 2. The van der Waals surface area contributed by atoms with Gasteiger partial charge >= 0.3 is 5.69 Å². The number of H-pyrrole nitrogens is 2. The molecule has 4 rings (SSSR count). The van der Waals surface area contributed by atoms with Crippen LogP contribution >= 0.6 is 22.9 Å². The van der Waals surface area contributed by atoms with E-state index in [-0.39, 0.29) is 19.0 Å². The topological polar surface area (TPSA) is 86.0 Å². The van der Waals surface area contributed by atoms with Gasteiger partial charge in [0.25, 0.3) is 11.5 Å². The molecule has 0 atom stereocenters. The van der Waals surface area contributed by atoms with Gasteiger partial charge in [-0.15, -0.1) is 11.3 Å². The fourth-order valence-electron chi connectivity index (χ4n) is 3.16. The molecular formula is C18H16ClN3O3S. The highest BCUT2D eigenvalue weighted by molar-refractivity contribution is 7.21. The zero-order valence-corrected chi connectivity index (χ0v) is 15.8. The molecule has 2 aromatic heterocycles. The lowest BCUT2D eigenvalue weighted by atomic mass is 10.0. The highest BCUT2D eigenvalue weighted by atomic mass is 35.5. The van der Waals surface area contributed by atoms with Crippen LogP contribution in [0.2, 0.25) is 5.02 Å². The van der Waals surface area contributed by atoms with Crippen LogP contribution in [0.15, 0.2) is 27.8 Å². The highest BCUT2D eigenvalue weighted by Gasteiger charge is 2.30. The smallest absolute Gasteiger partial charge is 0.325 e. The number of thiophene rings is 1. The van der Waals surface area contributed by atoms with Gasteiger partial charge in [-0.25, -0.2) is 4.79 Å². The molecule has 0 saturated heterocycles. The third-order valence-corrected chi connectivity index (χ3v) is 6.27. The number of hydrogen-bond acceptors (Lipinski definition) is 4. The first kappa shape index (κ1) is 17.1. The van der Waals surface area contributed by atoms with Crippen LogP contribution in [0.5, 0.6) is 0 Å². The molecule has 8 heteroatoms. The number of fused-ring (bicyclic) bond motifs is 2. The van der Waals surface area contributed by atoms with Gasteiger partial charge in [0.15, 0.2) is 0 Å². The average molecular weight is 390 g/mol. The van der Waals surface area contributed by atoms with Gasteiger partial charge in [-0.3, -0.25) is 14.6 Å². The Morgan fingerprint density at radius 2 is 2.00 bits per heavy atom. The predicted molar refractivity (Wildman–Crippen MR) is 102 cm³/mol. The second-order valence-corrected chi connectivity index (χ2v) is 8.11. The summed E-state index contributed by atoms with van der Waals surface area (Å²) in [6.07, 6.45) is 0. The lowest BCUT2D eigenvalue weighted by molar-refractivity contribution is 0.0755. The standard InChI is InChI=1S/C18H16ClN3O3S/c1-8(2)9-3-4-10-13(5-9)26-15(14(10)19)17(24)22-6-11-12(7-22)20-18(25)21-16(11)23/h3-5,8H,6-7H2,1-2H3,(H2,20,21,23,25). The van der Waals surface area contributed by atoms with Crippen molar-refractivity contribution in [2.24, 2.45) is 0 Å². The van der Waals surface area contributed by atoms with E-state index in [9.17, 15) is 14.4 Å². The van der Waals surface area contributed by atoms with Crippen molar-refractivity contribution in [3.8, 4) is 0 Å². The Kier molecular flexibility index (Phi) is 4.00. The Morgan fingerprint density at radius 3 is 2.73 bits per heavy atom. The minimum atomic E-state index is -0.566. The van der Waals surface area contributed by atoms with Crippen molar-refractivity contribution in [3.05, 3.63) is 65.8 Å². The zero-order chi connectivity index (χ0) is 18.6. The van der Waals surface area contributed by atoms with E-state index >= 15 is 0 Å². The van der Waals surface area contributed by atoms with Gasteiger partial charge in [-0.1, -0.05) is 37.6 Å². The second-order valence-electron chi connectivity index (χ2n) is 6.68. The van der Waals surface area contributed by atoms with Crippen LogP contribution < -0.4 is 11.2 Å². The van der Waals surface area contributed by atoms with Gasteiger partial charge in [-0.05, 0) is 17.5 Å². The molecule has 3 heterocycles. The molecular weight excluding hydrogens is 374 g/mol. The summed E-state index contributed by atoms with van der Waals surface area (Å²) >= 11 is 7.82. The van der Waals surface area contributed by atoms with Gasteiger partial charge in [0.1, 0.15) is 4.88 Å². The summed E-state index contributed by atoms with van der Waals surface area (Å²) < 4.78 is 0.965. The third kappa shape index (κ3) is 2.68. The van der Waals surface area contributed by atoms with Gasteiger partial charge in [-0.2, -0.15) is 0 Å². The summed E-state index contributed by atoms with van der Waals surface area (Å²) in [5.41, 5.74) is 1.06. The molecule has 0 unspecified atom stereocenters. The average Bonchev–Trinajstić information content (AvgIpc) is 3.15. The number of nitrogens with zero attached hydrogens (tertiary/aromatic N) is 1. The number of rotatable bonds is 2. The molecule has 1 aromatic carbocycles. The minimum absolute atomic E-state index is 0.155. The van der Waals surface area contributed by atoms with Crippen LogP contribution in [0, 0.1) is 0 Å². The van der Waals surface area contributed by atoms with E-state index in [1.165, 1.54) is 21.8 Å². The molecule has 2 N–H and O–H groups in total. The summed E-state index contributed by atoms with van der Waals surface area (Å²) in [5.74, 6) is 0.148. The second kappa shape index (κ2) is 6.10. The number of carbonyl (C=O) groups is 1. The molecule has 0 bridgehead atoms. The van der Waals surface area contributed by atoms with Crippen molar-refractivity contribution in [2.45, 2.75) is 32.9 Å². The molecule has 0 spiro atoms. The quantitative estimate of drug-likeness (QED) is 0.705. The molecule has 1 aliphatic rings. The fraction of sp³-hybridized carbons (Fsp3) is 0.278. The summed E-state index contributed by atoms with van der Waals surface area (Å²) in [6.45, 7) is 4.57. The molecule has 26 heavy (non-hydrogen) atoms. The van der Waals surface area contributed by atoms with Gasteiger partial charge in [0, 0.05) is 15.8 Å². The molecule has 0 aliphatic carbocycles. The number of halogens is 1. The van der Waals surface area contributed by atoms with Crippen molar-refractivity contribution >= 4 is 38.9 Å². The first-order valence-corrected chi connectivity index (χ1v) is 9.40. The lowest BCUT2D eigenvalue weighted by Crippen LogP contribution is -2.26. The van der Waals surface area contributed by atoms with Crippen LogP contribution in [0.4, 0.5) is 0 Å². The molecule has 3 aromatic rings. The van der Waals surface area contributed by atoms with Crippen molar-refractivity contribution in [2.75, 3.05) is 0 Å².